The summed E-state index contributed by atoms with van der Waals surface area (Å²) in [6.45, 7) is 9.11. The fraction of sp³-hybridized carbons (Fsp3) is 0.600. The lowest BCUT2D eigenvalue weighted by molar-refractivity contribution is 0.356. The number of anilines is 1. The summed E-state index contributed by atoms with van der Waals surface area (Å²) in [5.74, 6) is 2.63. The summed E-state index contributed by atoms with van der Waals surface area (Å²) in [6, 6.07) is 2.28. The summed E-state index contributed by atoms with van der Waals surface area (Å²) in [6.07, 6.45) is 4.12. The lowest BCUT2D eigenvalue weighted by atomic mass is 9.92. The molecule has 0 aliphatic carbocycles. The Kier molecular flexibility index (Phi) is 3.44. The molecule has 102 valence electrons. The number of thiophene rings is 1. The van der Waals surface area contributed by atoms with Crippen LogP contribution in [0.15, 0.2) is 12.4 Å². The Labute approximate surface area is 118 Å². The molecular formula is C15H21N3S. The first kappa shape index (κ1) is 12.9. The SMILES string of the molecule is CCc1cc2c(N3C[C@@H](C)C[C@H](C)C3)ncnc2s1. The monoisotopic (exact) mass is 275 g/mol. The van der Waals surface area contributed by atoms with Crippen LogP contribution in [0.3, 0.4) is 0 Å². The third-order valence-corrected chi connectivity index (χ3v) is 5.06. The largest absolute Gasteiger partial charge is 0.355 e. The molecule has 0 saturated carbocycles. The molecule has 2 aromatic rings. The second-order valence-electron chi connectivity index (χ2n) is 5.83. The molecule has 2 atom stereocenters. The molecule has 0 bridgehead atoms. The molecule has 1 aliphatic rings. The van der Waals surface area contributed by atoms with Crippen molar-refractivity contribution in [2.45, 2.75) is 33.6 Å². The smallest absolute Gasteiger partial charge is 0.140 e. The highest BCUT2D eigenvalue weighted by Crippen LogP contribution is 2.33. The van der Waals surface area contributed by atoms with Gasteiger partial charge < -0.3 is 4.90 Å². The minimum Gasteiger partial charge on any atom is -0.355 e. The van der Waals surface area contributed by atoms with E-state index in [-0.39, 0.29) is 0 Å². The van der Waals surface area contributed by atoms with E-state index in [1.165, 1.54) is 16.7 Å². The molecule has 3 nitrogen and oxygen atoms in total. The van der Waals surface area contributed by atoms with Gasteiger partial charge in [-0.05, 0) is 30.7 Å². The number of rotatable bonds is 2. The minimum absolute atomic E-state index is 0.748. The summed E-state index contributed by atoms with van der Waals surface area (Å²) >= 11 is 1.80. The Bertz CT molecular complexity index is 568. The van der Waals surface area contributed by atoms with Crippen LogP contribution >= 0.6 is 11.3 Å². The van der Waals surface area contributed by atoms with Crippen molar-refractivity contribution in [2.75, 3.05) is 18.0 Å². The number of aromatic nitrogens is 2. The number of aryl methyl sites for hydroxylation is 1. The van der Waals surface area contributed by atoms with Gasteiger partial charge in [0.1, 0.15) is 17.0 Å². The number of fused-ring (bicyclic) bond motifs is 1. The van der Waals surface area contributed by atoms with E-state index in [2.05, 4.69) is 41.7 Å². The third kappa shape index (κ3) is 2.46. The highest BCUT2D eigenvalue weighted by Gasteiger charge is 2.24. The number of nitrogens with zero attached hydrogens (tertiary/aromatic N) is 3. The molecule has 1 aliphatic heterocycles. The first-order valence-electron chi connectivity index (χ1n) is 7.15. The highest BCUT2D eigenvalue weighted by molar-refractivity contribution is 7.18. The van der Waals surface area contributed by atoms with Crippen LogP contribution in [0.25, 0.3) is 10.2 Å². The Morgan fingerprint density at radius 1 is 1.26 bits per heavy atom. The van der Waals surface area contributed by atoms with E-state index in [1.807, 2.05) is 0 Å². The fourth-order valence-corrected chi connectivity index (χ4v) is 4.08. The highest BCUT2D eigenvalue weighted by atomic mass is 32.1. The van der Waals surface area contributed by atoms with Gasteiger partial charge in [0, 0.05) is 18.0 Å². The predicted octanol–water partition coefficient (Wildman–Crippen LogP) is 3.74. The summed E-state index contributed by atoms with van der Waals surface area (Å²) < 4.78 is 0. The number of hydrogen-bond acceptors (Lipinski definition) is 4. The Morgan fingerprint density at radius 2 is 2.00 bits per heavy atom. The van der Waals surface area contributed by atoms with E-state index in [4.69, 9.17) is 0 Å². The number of piperidine rings is 1. The normalized spacial score (nSPS) is 24.1. The van der Waals surface area contributed by atoms with Gasteiger partial charge >= 0.3 is 0 Å². The Balaban J connectivity index is 2.01. The van der Waals surface area contributed by atoms with Crippen molar-refractivity contribution in [1.29, 1.82) is 0 Å². The van der Waals surface area contributed by atoms with E-state index in [9.17, 15) is 0 Å². The van der Waals surface area contributed by atoms with Gasteiger partial charge in [-0.3, -0.25) is 0 Å². The molecule has 3 rings (SSSR count). The molecule has 2 aromatic heterocycles. The van der Waals surface area contributed by atoms with Gasteiger partial charge in [0.05, 0.1) is 5.39 Å². The third-order valence-electron chi connectivity index (χ3n) is 3.88. The molecular weight excluding hydrogens is 254 g/mol. The maximum absolute atomic E-state index is 4.57. The zero-order valence-corrected chi connectivity index (χ0v) is 12.7. The van der Waals surface area contributed by atoms with Gasteiger partial charge in [-0.25, -0.2) is 9.97 Å². The zero-order valence-electron chi connectivity index (χ0n) is 11.9. The molecule has 1 saturated heterocycles. The topological polar surface area (TPSA) is 29.0 Å². The molecule has 0 unspecified atom stereocenters. The van der Waals surface area contributed by atoms with E-state index < -0.39 is 0 Å². The molecule has 0 aromatic carbocycles. The van der Waals surface area contributed by atoms with Gasteiger partial charge in [-0.2, -0.15) is 0 Å². The molecule has 0 N–H and O–H groups in total. The number of hydrogen-bond donors (Lipinski definition) is 0. The Morgan fingerprint density at radius 3 is 2.68 bits per heavy atom. The van der Waals surface area contributed by atoms with Crippen LogP contribution in [0.1, 0.15) is 32.1 Å². The Hall–Kier alpha value is -1.16. The van der Waals surface area contributed by atoms with Crippen molar-refractivity contribution in [3.05, 3.63) is 17.3 Å². The van der Waals surface area contributed by atoms with Gasteiger partial charge in [0.2, 0.25) is 0 Å². The van der Waals surface area contributed by atoms with Crippen molar-refractivity contribution < 1.29 is 0 Å². The van der Waals surface area contributed by atoms with E-state index in [1.54, 1.807) is 17.7 Å². The van der Waals surface area contributed by atoms with Crippen LogP contribution in [0.2, 0.25) is 0 Å². The molecule has 0 amide bonds. The zero-order chi connectivity index (χ0) is 13.4. The summed E-state index contributed by atoms with van der Waals surface area (Å²) in [5, 5.41) is 1.24. The standard InChI is InChI=1S/C15H21N3S/c1-4-12-6-13-14(16-9-17-15(13)19-12)18-7-10(2)5-11(3)8-18/h6,9-11H,4-5,7-8H2,1-3H3/t10-,11-/m0/s1. The lowest BCUT2D eigenvalue weighted by Crippen LogP contribution is -2.39. The van der Waals surface area contributed by atoms with Gasteiger partial charge in [-0.15, -0.1) is 11.3 Å². The van der Waals surface area contributed by atoms with Crippen LogP contribution in [-0.4, -0.2) is 23.1 Å². The quantitative estimate of drug-likeness (QED) is 0.836. The maximum atomic E-state index is 4.57. The first-order valence-corrected chi connectivity index (χ1v) is 7.97. The molecule has 0 radical (unpaired) electrons. The minimum atomic E-state index is 0.748. The van der Waals surface area contributed by atoms with Gasteiger partial charge in [0.15, 0.2) is 0 Å². The molecule has 19 heavy (non-hydrogen) atoms. The summed E-state index contributed by atoms with van der Waals surface area (Å²) in [5.41, 5.74) is 0. The summed E-state index contributed by atoms with van der Waals surface area (Å²) in [4.78, 5) is 14.0. The van der Waals surface area contributed by atoms with Crippen LogP contribution in [0.4, 0.5) is 5.82 Å². The molecule has 3 heterocycles. The van der Waals surface area contributed by atoms with Crippen molar-refractivity contribution in [3.63, 3.8) is 0 Å². The van der Waals surface area contributed by atoms with Crippen LogP contribution in [0.5, 0.6) is 0 Å². The van der Waals surface area contributed by atoms with Crippen molar-refractivity contribution >= 4 is 27.4 Å². The second kappa shape index (κ2) is 5.08. The van der Waals surface area contributed by atoms with E-state index in [0.717, 1.165) is 42.0 Å². The average Bonchev–Trinajstić information content (AvgIpc) is 2.80. The predicted molar refractivity (Wildman–Crippen MR) is 82.0 cm³/mol. The molecule has 4 heteroatoms. The second-order valence-corrected chi connectivity index (χ2v) is 6.95. The maximum Gasteiger partial charge on any atom is 0.140 e. The average molecular weight is 275 g/mol. The fourth-order valence-electron chi connectivity index (χ4n) is 3.16. The molecule has 0 spiro atoms. The van der Waals surface area contributed by atoms with Crippen molar-refractivity contribution in [2.24, 2.45) is 11.8 Å². The van der Waals surface area contributed by atoms with Gasteiger partial charge in [-0.1, -0.05) is 20.8 Å². The van der Waals surface area contributed by atoms with Gasteiger partial charge in [0.25, 0.3) is 0 Å². The van der Waals surface area contributed by atoms with Crippen molar-refractivity contribution in [3.8, 4) is 0 Å². The van der Waals surface area contributed by atoms with Crippen LogP contribution in [0, 0.1) is 11.8 Å². The first-order chi connectivity index (χ1) is 9.17. The van der Waals surface area contributed by atoms with E-state index in [0.29, 0.717) is 0 Å². The molecule has 1 fully saturated rings. The van der Waals surface area contributed by atoms with Crippen LogP contribution < -0.4 is 4.90 Å². The summed E-state index contributed by atoms with van der Waals surface area (Å²) in [7, 11) is 0. The lowest BCUT2D eigenvalue weighted by Gasteiger charge is -2.36. The van der Waals surface area contributed by atoms with Crippen LogP contribution in [-0.2, 0) is 6.42 Å². The van der Waals surface area contributed by atoms with E-state index >= 15 is 0 Å². The van der Waals surface area contributed by atoms with Crippen molar-refractivity contribution in [1.82, 2.24) is 9.97 Å².